The van der Waals surface area contributed by atoms with E-state index < -0.39 is 0 Å². The van der Waals surface area contributed by atoms with Gasteiger partial charge in [0.2, 0.25) is 0 Å². The van der Waals surface area contributed by atoms with Crippen LogP contribution in [0.15, 0.2) is 24.4 Å². The number of aromatic nitrogens is 3. The Bertz CT molecular complexity index is 482. The molecule has 2 heterocycles. The molecule has 0 radical (unpaired) electrons. The summed E-state index contributed by atoms with van der Waals surface area (Å²) in [6.45, 7) is 2.58. The van der Waals surface area contributed by atoms with Crippen LogP contribution in [0.25, 0.3) is 0 Å². The zero-order chi connectivity index (χ0) is 11.5. The third kappa shape index (κ3) is 3.11. The molecule has 2 aromatic rings. The Kier molecular flexibility index (Phi) is 4.78. The van der Waals surface area contributed by atoms with E-state index in [-0.39, 0.29) is 12.4 Å². The highest BCUT2D eigenvalue weighted by Crippen LogP contribution is 2.19. The van der Waals surface area contributed by atoms with Crippen molar-refractivity contribution in [3.05, 3.63) is 40.8 Å². The molecule has 1 N–H and O–H groups in total. The van der Waals surface area contributed by atoms with Crippen LogP contribution >= 0.6 is 24.0 Å². The smallest absolute Gasteiger partial charge is 0.131 e. The Labute approximate surface area is 111 Å². The second-order valence-electron chi connectivity index (χ2n) is 3.55. The Morgan fingerprint density at radius 1 is 1.41 bits per heavy atom. The van der Waals surface area contributed by atoms with Gasteiger partial charge in [-0.15, -0.1) is 12.4 Å². The van der Waals surface area contributed by atoms with Gasteiger partial charge >= 0.3 is 0 Å². The summed E-state index contributed by atoms with van der Waals surface area (Å²) >= 11 is 6.12. The van der Waals surface area contributed by atoms with Crippen molar-refractivity contribution < 1.29 is 0 Å². The van der Waals surface area contributed by atoms with E-state index in [1.165, 1.54) is 0 Å². The largest absolute Gasteiger partial charge is 0.366 e. The van der Waals surface area contributed by atoms with Crippen LogP contribution in [-0.4, -0.2) is 14.8 Å². The average molecular weight is 273 g/mol. The zero-order valence-electron chi connectivity index (χ0n) is 9.64. The van der Waals surface area contributed by atoms with Gasteiger partial charge in [0.15, 0.2) is 0 Å². The minimum Gasteiger partial charge on any atom is -0.366 e. The lowest BCUT2D eigenvalue weighted by Gasteiger charge is -2.04. The monoisotopic (exact) mass is 272 g/mol. The van der Waals surface area contributed by atoms with E-state index in [2.05, 4.69) is 15.4 Å². The number of nitrogens with zero attached hydrogens (tertiary/aromatic N) is 3. The standard InChI is InChI=1S/C11H13ClN4.ClH/c1-8-9(11(12)16(2)15-8)7-14-10-5-3-4-6-13-10;/h3-6H,7H2,1-2H3,(H,13,14);1H. The van der Waals surface area contributed by atoms with Crippen molar-refractivity contribution in [2.45, 2.75) is 13.5 Å². The van der Waals surface area contributed by atoms with Gasteiger partial charge in [-0.3, -0.25) is 4.68 Å². The van der Waals surface area contributed by atoms with Gasteiger partial charge in [-0.1, -0.05) is 17.7 Å². The molecule has 0 fully saturated rings. The van der Waals surface area contributed by atoms with Crippen molar-refractivity contribution in [3.63, 3.8) is 0 Å². The molecule has 0 aliphatic heterocycles. The Morgan fingerprint density at radius 2 is 2.18 bits per heavy atom. The second kappa shape index (κ2) is 5.89. The molecule has 0 spiro atoms. The van der Waals surface area contributed by atoms with E-state index in [1.807, 2.05) is 32.2 Å². The van der Waals surface area contributed by atoms with Crippen LogP contribution in [0.3, 0.4) is 0 Å². The Hall–Kier alpha value is -1.26. The molecule has 0 aromatic carbocycles. The van der Waals surface area contributed by atoms with Crippen molar-refractivity contribution >= 4 is 29.8 Å². The fraction of sp³-hybridized carbons (Fsp3) is 0.273. The maximum atomic E-state index is 6.12. The summed E-state index contributed by atoms with van der Waals surface area (Å²) in [4.78, 5) is 4.18. The van der Waals surface area contributed by atoms with Crippen LogP contribution in [-0.2, 0) is 13.6 Å². The first-order valence-corrected chi connectivity index (χ1v) is 5.39. The topological polar surface area (TPSA) is 42.7 Å². The normalized spacial score (nSPS) is 9.82. The molecule has 0 saturated heterocycles. The Morgan fingerprint density at radius 3 is 2.71 bits per heavy atom. The van der Waals surface area contributed by atoms with Gasteiger partial charge in [-0.05, 0) is 19.1 Å². The fourth-order valence-electron chi connectivity index (χ4n) is 1.52. The van der Waals surface area contributed by atoms with Gasteiger partial charge in [0.05, 0.1) is 5.69 Å². The van der Waals surface area contributed by atoms with Crippen molar-refractivity contribution in [2.75, 3.05) is 5.32 Å². The van der Waals surface area contributed by atoms with Crippen molar-refractivity contribution in [2.24, 2.45) is 7.05 Å². The molecule has 0 saturated carbocycles. The van der Waals surface area contributed by atoms with Gasteiger partial charge in [-0.2, -0.15) is 5.10 Å². The molecular formula is C11H14Cl2N4. The number of rotatable bonds is 3. The first-order chi connectivity index (χ1) is 7.68. The van der Waals surface area contributed by atoms with Crippen LogP contribution in [0.4, 0.5) is 5.82 Å². The van der Waals surface area contributed by atoms with Gasteiger partial charge in [-0.25, -0.2) is 4.98 Å². The first kappa shape index (κ1) is 13.8. The molecule has 0 unspecified atom stereocenters. The molecule has 0 amide bonds. The SMILES string of the molecule is Cc1nn(C)c(Cl)c1CNc1ccccn1.Cl. The number of pyridine rings is 1. The van der Waals surface area contributed by atoms with E-state index in [0.717, 1.165) is 17.1 Å². The van der Waals surface area contributed by atoms with Crippen LogP contribution < -0.4 is 5.32 Å². The third-order valence-electron chi connectivity index (χ3n) is 2.38. The molecule has 0 atom stereocenters. The number of hydrogen-bond donors (Lipinski definition) is 1. The van der Waals surface area contributed by atoms with Crippen molar-refractivity contribution in [3.8, 4) is 0 Å². The van der Waals surface area contributed by atoms with Gasteiger partial charge in [0.25, 0.3) is 0 Å². The first-order valence-electron chi connectivity index (χ1n) is 5.01. The van der Waals surface area contributed by atoms with Gasteiger partial charge in [0.1, 0.15) is 11.0 Å². The number of aryl methyl sites for hydroxylation is 2. The molecule has 2 rings (SSSR count). The number of anilines is 1. The van der Waals surface area contributed by atoms with E-state index >= 15 is 0 Å². The molecule has 4 nitrogen and oxygen atoms in total. The molecule has 0 aliphatic rings. The van der Waals surface area contributed by atoms with Crippen LogP contribution in [0, 0.1) is 6.92 Å². The van der Waals surface area contributed by atoms with E-state index in [1.54, 1.807) is 10.9 Å². The summed E-state index contributed by atoms with van der Waals surface area (Å²) in [7, 11) is 1.83. The van der Waals surface area contributed by atoms with Crippen LogP contribution in [0.1, 0.15) is 11.3 Å². The van der Waals surface area contributed by atoms with Crippen LogP contribution in [0.2, 0.25) is 5.15 Å². The summed E-state index contributed by atoms with van der Waals surface area (Å²) in [5, 5.41) is 8.12. The quantitative estimate of drug-likeness (QED) is 0.935. The Balaban J connectivity index is 0.00000144. The van der Waals surface area contributed by atoms with Gasteiger partial charge < -0.3 is 5.32 Å². The van der Waals surface area contributed by atoms with E-state index in [0.29, 0.717) is 11.7 Å². The lowest BCUT2D eigenvalue weighted by Crippen LogP contribution is -2.02. The van der Waals surface area contributed by atoms with E-state index in [4.69, 9.17) is 11.6 Å². The number of halogens is 2. The second-order valence-corrected chi connectivity index (χ2v) is 3.90. The van der Waals surface area contributed by atoms with Gasteiger partial charge in [0, 0.05) is 25.4 Å². The number of nitrogens with one attached hydrogen (secondary N) is 1. The fourth-order valence-corrected chi connectivity index (χ4v) is 1.76. The van der Waals surface area contributed by atoms with Crippen LogP contribution in [0.5, 0.6) is 0 Å². The predicted octanol–water partition coefficient (Wildman–Crippen LogP) is 2.81. The molecule has 92 valence electrons. The zero-order valence-corrected chi connectivity index (χ0v) is 11.2. The average Bonchev–Trinajstić information content (AvgIpc) is 2.53. The summed E-state index contributed by atoms with van der Waals surface area (Å²) in [6, 6.07) is 5.74. The molecule has 0 bridgehead atoms. The molecular weight excluding hydrogens is 259 g/mol. The molecule has 17 heavy (non-hydrogen) atoms. The summed E-state index contributed by atoms with van der Waals surface area (Å²) in [5.74, 6) is 0.835. The highest BCUT2D eigenvalue weighted by Gasteiger charge is 2.10. The minimum atomic E-state index is 0. The maximum absolute atomic E-state index is 6.12. The summed E-state index contributed by atoms with van der Waals surface area (Å²) in [5.41, 5.74) is 1.95. The highest BCUT2D eigenvalue weighted by molar-refractivity contribution is 6.30. The lowest BCUT2D eigenvalue weighted by atomic mass is 10.2. The molecule has 6 heteroatoms. The number of hydrogen-bond acceptors (Lipinski definition) is 3. The van der Waals surface area contributed by atoms with Crippen molar-refractivity contribution in [1.82, 2.24) is 14.8 Å². The predicted molar refractivity (Wildman–Crippen MR) is 71.8 cm³/mol. The highest BCUT2D eigenvalue weighted by atomic mass is 35.5. The summed E-state index contributed by atoms with van der Waals surface area (Å²) in [6.07, 6.45) is 1.75. The maximum Gasteiger partial charge on any atom is 0.131 e. The third-order valence-corrected chi connectivity index (χ3v) is 2.85. The summed E-state index contributed by atoms with van der Waals surface area (Å²) < 4.78 is 1.67. The molecule has 0 aliphatic carbocycles. The minimum absolute atomic E-state index is 0. The lowest BCUT2D eigenvalue weighted by molar-refractivity contribution is 0.757. The van der Waals surface area contributed by atoms with E-state index in [9.17, 15) is 0 Å². The van der Waals surface area contributed by atoms with Crippen molar-refractivity contribution in [1.29, 1.82) is 0 Å². The molecule has 2 aromatic heterocycles.